The van der Waals surface area contributed by atoms with Gasteiger partial charge in [-0.15, -0.1) is 0 Å². The van der Waals surface area contributed by atoms with Gasteiger partial charge in [-0.2, -0.15) is 4.31 Å². The normalized spacial score (nSPS) is 16.2. The largest absolute Gasteiger partial charge is 0.325 e. The number of nitrogens with one attached hydrogen (secondary N) is 2. The van der Waals surface area contributed by atoms with Crippen LogP contribution < -0.4 is 10.2 Å². The first-order valence-corrected chi connectivity index (χ1v) is 10.3. The maximum atomic E-state index is 13.6. The molecule has 1 heterocycles. The molecule has 0 atom stereocenters. The van der Waals surface area contributed by atoms with Gasteiger partial charge in [-0.25, -0.2) is 12.8 Å². The Morgan fingerprint density at radius 2 is 1.74 bits per heavy atom. The van der Waals surface area contributed by atoms with Crippen LogP contribution >= 0.6 is 11.6 Å². The Labute approximate surface area is 162 Å². The number of amides is 1. The lowest BCUT2D eigenvalue weighted by Crippen LogP contribution is -3.15. The molecule has 2 aromatic carbocycles. The first-order valence-electron chi connectivity index (χ1n) is 8.50. The van der Waals surface area contributed by atoms with Crippen molar-refractivity contribution in [3.05, 3.63) is 59.4 Å². The molecule has 0 unspecified atom stereocenters. The highest BCUT2D eigenvalue weighted by atomic mass is 35.5. The van der Waals surface area contributed by atoms with Gasteiger partial charge in [0, 0.05) is 0 Å². The van der Waals surface area contributed by atoms with Crippen LogP contribution in [-0.2, 0) is 14.8 Å². The zero-order chi connectivity index (χ0) is 19.4. The van der Waals surface area contributed by atoms with Crippen LogP contribution in [0.15, 0.2) is 53.4 Å². The second kappa shape index (κ2) is 8.35. The molecule has 1 saturated heterocycles. The summed E-state index contributed by atoms with van der Waals surface area (Å²) in [6.07, 6.45) is 0. The fourth-order valence-corrected chi connectivity index (χ4v) is 4.93. The summed E-state index contributed by atoms with van der Waals surface area (Å²) in [7, 11) is -3.66. The molecule has 27 heavy (non-hydrogen) atoms. The predicted molar refractivity (Wildman–Crippen MR) is 101 cm³/mol. The Balaban J connectivity index is 1.57. The molecular weight excluding hydrogens is 393 g/mol. The minimum atomic E-state index is -3.66. The van der Waals surface area contributed by atoms with Crippen LogP contribution in [0.5, 0.6) is 0 Å². The van der Waals surface area contributed by atoms with E-state index in [-0.39, 0.29) is 41.1 Å². The summed E-state index contributed by atoms with van der Waals surface area (Å²) >= 11 is 6.02. The SMILES string of the molecule is O=C(C[NH+]1CCN(S(=O)(=O)c2ccccc2Cl)CC1)Nc1ccccc1F. The summed E-state index contributed by atoms with van der Waals surface area (Å²) in [4.78, 5) is 13.2. The Bertz CT molecular complexity index is 931. The number of benzene rings is 2. The number of anilines is 1. The van der Waals surface area contributed by atoms with Crippen molar-refractivity contribution < 1.29 is 22.5 Å². The van der Waals surface area contributed by atoms with E-state index in [9.17, 15) is 17.6 Å². The van der Waals surface area contributed by atoms with E-state index in [0.29, 0.717) is 13.1 Å². The van der Waals surface area contributed by atoms with Crippen LogP contribution in [0.4, 0.5) is 10.1 Å². The molecular formula is C18H20ClFN3O3S+. The molecule has 0 radical (unpaired) electrons. The van der Waals surface area contributed by atoms with Gasteiger partial charge in [0.2, 0.25) is 10.0 Å². The van der Waals surface area contributed by atoms with E-state index in [1.807, 2.05) is 0 Å². The number of nitrogens with zero attached hydrogens (tertiary/aromatic N) is 1. The molecule has 6 nitrogen and oxygen atoms in total. The lowest BCUT2D eigenvalue weighted by atomic mass is 10.3. The molecule has 1 amide bonds. The zero-order valence-corrected chi connectivity index (χ0v) is 16.1. The predicted octanol–water partition coefficient (Wildman–Crippen LogP) is 1.01. The minimum absolute atomic E-state index is 0.0902. The van der Waals surface area contributed by atoms with Gasteiger partial charge in [0.05, 0.1) is 36.9 Å². The van der Waals surface area contributed by atoms with E-state index in [1.165, 1.54) is 22.5 Å². The van der Waals surface area contributed by atoms with E-state index in [2.05, 4.69) is 5.32 Å². The van der Waals surface area contributed by atoms with Crippen molar-refractivity contribution in [1.29, 1.82) is 0 Å². The highest BCUT2D eigenvalue weighted by molar-refractivity contribution is 7.89. The van der Waals surface area contributed by atoms with E-state index < -0.39 is 15.8 Å². The number of para-hydroxylation sites is 1. The maximum Gasteiger partial charge on any atom is 0.279 e. The number of hydrogen-bond donors (Lipinski definition) is 2. The molecule has 0 aliphatic carbocycles. The van der Waals surface area contributed by atoms with Gasteiger partial charge in [0.15, 0.2) is 6.54 Å². The number of halogens is 2. The van der Waals surface area contributed by atoms with Crippen LogP contribution in [-0.4, -0.2) is 51.4 Å². The molecule has 1 fully saturated rings. The maximum absolute atomic E-state index is 13.6. The Kier molecular flexibility index (Phi) is 6.11. The van der Waals surface area contributed by atoms with E-state index >= 15 is 0 Å². The summed E-state index contributed by atoms with van der Waals surface area (Å²) < 4.78 is 40.4. The standard InChI is InChI=1S/C18H19ClFN3O3S/c19-14-5-1-4-8-17(14)27(25,26)23-11-9-22(10-12-23)13-18(24)21-16-7-3-2-6-15(16)20/h1-8H,9-13H2,(H,21,24)/p+1. The molecule has 1 aliphatic rings. The van der Waals surface area contributed by atoms with Gasteiger partial charge < -0.3 is 10.2 Å². The van der Waals surface area contributed by atoms with Crippen LogP contribution in [0.1, 0.15) is 0 Å². The first-order chi connectivity index (χ1) is 12.9. The third kappa shape index (κ3) is 4.65. The number of carbonyl (C=O) groups excluding carboxylic acids is 1. The van der Waals surface area contributed by atoms with Crippen molar-refractivity contribution in [2.24, 2.45) is 0 Å². The topological polar surface area (TPSA) is 70.9 Å². The van der Waals surface area contributed by atoms with Crippen molar-refractivity contribution in [2.45, 2.75) is 4.90 Å². The minimum Gasteiger partial charge on any atom is -0.325 e. The molecule has 2 aromatic rings. The zero-order valence-electron chi connectivity index (χ0n) is 14.5. The van der Waals surface area contributed by atoms with Crippen molar-refractivity contribution >= 4 is 33.2 Å². The van der Waals surface area contributed by atoms with Crippen LogP contribution in [0.3, 0.4) is 0 Å². The Hall–Kier alpha value is -2.00. The van der Waals surface area contributed by atoms with Gasteiger partial charge in [0.25, 0.3) is 5.91 Å². The number of piperazine rings is 1. The molecule has 144 valence electrons. The Morgan fingerprint density at radius 3 is 2.41 bits per heavy atom. The summed E-state index contributed by atoms with van der Waals surface area (Å²) in [6, 6.07) is 12.3. The molecule has 0 aromatic heterocycles. The summed E-state index contributed by atoms with van der Waals surface area (Å²) in [6.45, 7) is 1.68. The quantitative estimate of drug-likeness (QED) is 0.770. The van der Waals surface area contributed by atoms with Crippen molar-refractivity contribution in [1.82, 2.24) is 4.31 Å². The number of sulfonamides is 1. The molecule has 9 heteroatoms. The monoisotopic (exact) mass is 412 g/mol. The molecule has 1 aliphatic heterocycles. The van der Waals surface area contributed by atoms with E-state index in [1.54, 1.807) is 30.3 Å². The smallest absolute Gasteiger partial charge is 0.279 e. The second-order valence-corrected chi connectivity index (χ2v) is 8.60. The average Bonchev–Trinajstić information content (AvgIpc) is 2.64. The number of carbonyl (C=O) groups is 1. The Morgan fingerprint density at radius 1 is 1.11 bits per heavy atom. The number of rotatable bonds is 5. The van der Waals surface area contributed by atoms with Crippen molar-refractivity contribution in [3.8, 4) is 0 Å². The summed E-state index contributed by atoms with van der Waals surface area (Å²) in [5, 5.41) is 2.74. The van der Waals surface area contributed by atoms with Crippen LogP contribution in [0.2, 0.25) is 5.02 Å². The number of quaternary nitrogens is 1. The second-order valence-electron chi connectivity index (χ2n) is 6.29. The molecule has 2 N–H and O–H groups in total. The molecule has 0 bridgehead atoms. The van der Waals surface area contributed by atoms with Gasteiger partial charge >= 0.3 is 0 Å². The van der Waals surface area contributed by atoms with Crippen molar-refractivity contribution in [2.75, 3.05) is 38.0 Å². The third-order valence-electron chi connectivity index (χ3n) is 4.44. The van der Waals surface area contributed by atoms with Crippen molar-refractivity contribution in [3.63, 3.8) is 0 Å². The fraction of sp³-hybridized carbons (Fsp3) is 0.278. The highest BCUT2D eigenvalue weighted by Crippen LogP contribution is 2.24. The molecule has 3 rings (SSSR count). The fourth-order valence-electron chi connectivity index (χ4n) is 3.00. The van der Waals surface area contributed by atoms with Gasteiger partial charge in [-0.05, 0) is 24.3 Å². The summed E-state index contributed by atoms with van der Waals surface area (Å²) in [5.41, 5.74) is 0.141. The molecule has 0 saturated carbocycles. The lowest BCUT2D eigenvalue weighted by molar-refractivity contribution is -0.895. The highest BCUT2D eigenvalue weighted by Gasteiger charge is 2.32. The van der Waals surface area contributed by atoms with Gasteiger partial charge in [0.1, 0.15) is 10.7 Å². The van der Waals surface area contributed by atoms with Gasteiger partial charge in [-0.3, -0.25) is 4.79 Å². The lowest BCUT2D eigenvalue weighted by Gasteiger charge is -2.31. The molecule has 0 spiro atoms. The average molecular weight is 413 g/mol. The third-order valence-corrected chi connectivity index (χ3v) is 6.84. The van der Waals surface area contributed by atoms with E-state index in [4.69, 9.17) is 11.6 Å². The van der Waals surface area contributed by atoms with E-state index in [0.717, 1.165) is 4.90 Å². The van der Waals surface area contributed by atoms with Crippen LogP contribution in [0, 0.1) is 5.82 Å². The van der Waals surface area contributed by atoms with Crippen LogP contribution in [0.25, 0.3) is 0 Å². The number of hydrogen-bond acceptors (Lipinski definition) is 3. The first kappa shape index (κ1) is 19.8. The summed E-state index contributed by atoms with van der Waals surface area (Å²) in [5.74, 6) is -0.797. The van der Waals surface area contributed by atoms with Gasteiger partial charge in [-0.1, -0.05) is 35.9 Å².